The fourth-order valence-electron chi connectivity index (χ4n) is 2.78. The van der Waals surface area contributed by atoms with Gasteiger partial charge in [0.2, 0.25) is 12.0 Å². The third-order valence-corrected chi connectivity index (χ3v) is 5.30. The van der Waals surface area contributed by atoms with Crippen LogP contribution in [0, 0.1) is 0 Å². The molecule has 7 nitrogen and oxygen atoms in total. The summed E-state index contributed by atoms with van der Waals surface area (Å²) >= 11 is 7.29. The average Bonchev–Trinajstić information content (AvgIpc) is 3.42. The Hall–Kier alpha value is -2.97. The maximum absolute atomic E-state index is 5.91. The number of thioether (sulfide) groups is 1. The minimum absolute atomic E-state index is 0.317. The first-order valence-electron chi connectivity index (χ1n) is 8.79. The number of ether oxygens (including phenoxy) is 2. The number of hydrogen-bond donors (Lipinski definition) is 0. The predicted octanol–water partition coefficient (Wildman–Crippen LogP) is 5.18. The number of aromatic nitrogens is 3. The molecule has 0 saturated heterocycles. The van der Waals surface area contributed by atoms with E-state index in [1.807, 2.05) is 36.4 Å². The van der Waals surface area contributed by atoms with Crippen molar-refractivity contribution in [3.63, 3.8) is 0 Å². The zero-order chi connectivity index (χ0) is 19.6. The molecule has 2 aromatic heterocycles. The molecule has 146 valence electrons. The second kappa shape index (κ2) is 7.81. The Kier molecular flexibility index (Phi) is 4.87. The molecule has 0 amide bonds. The van der Waals surface area contributed by atoms with Gasteiger partial charge in [0.05, 0.1) is 5.69 Å². The van der Waals surface area contributed by atoms with E-state index in [9.17, 15) is 0 Å². The molecule has 9 heteroatoms. The van der Waals surface area contributed by atoms with Crippen molar-refractivity contribution in [2.75, 3.05) is 6.61 Å². The first-order valence-corrected chi connectivity index (χ1v) is 10.2. The standard InChI is InChI=1S/C20H14ClN3O4S/c21-13-7-5-12(6-8-13)18-22-14(9-26-18)11-29-20-24-23-19(28-20)17-10-25-15-3-1-2-4-16(15)27-17/h1-9,17H,10-11H2. The summed E-state index contributed by atoms with van der Waals surface area (Å²) < 4.78 is 22.8. The summed E-state index contributed by atoms with van der Waals surface area (Å²) in [5.41, 5.74) is 1.63. The van der Waals surface area contributed by atoms with Crippen molar-refractivity contribution in [2.45, 2.75) is 17.1 Å². The van der Waals surface area contributed by atoms with Gasteiger partial charge < -0.3 is 18.3 Å². The van der Waals surface area contributed by atoms with Crippen molar-refractivity contribution in [1.82, 2.24) is 15.2 Å². The van der Waals surface area contributed by atoms with E-state index in [4.69, 9.17) is 29.9 Å². The molecule has 4 aromatic rings. The lowest BCUT2D eigenvalue weighted by atomic mass is 10.2. The average molecular weight is 428 g/mol. The van der Waals surface area contributed by atoms with Gasteiger partial charge in [0, 0.05) is 16.3 Å². The van der Waals surface area contributed by atoms with Gasteiger partial charge in [-0.1, -0.05) is 35.5 Å². The van der Waals surface area contributed by atoms with Crippen molar-refractivity contribution >= 4 is 23.4 Å². The first-order chi connectivity index (χ1) is 14.2. The normalized spacial score (nSPS) is 15.4. The van der Waals surface area contributed by atoms with E-state index in [0.29, 0.717) is 45.9 Å². The second-order valence-corrected chi connectivity index (χ2v) is 7.57. The van der Waals surface area contributed by atoms with Gasteiger partial charge in [0.1, 0.15) is 12.9 Å². The summed E-state index contributed by atoms with van der Waals surface area (Å²) in [5, 5.41) is 9.26. The number of rotatable bonds is 5. The number of nitrogens with zero attached hydrogens (tertiary/aromatic N) is 3. The Morgan fingerprint density at radius 1 is 1.03 bits per heavy atom. The zero-order valence-electron chi connectivity index (χ0n) is 14.9. The summed E-state index contributed by atoms with van der Waals surface area (Å²) in [6, 6.07) is 14.8. The first kappa shape index (κ1) is 18.1. The molecule has 0 bridgehead atoms. The second-order valence-electron chi connectivity index (χ2n) is 6.21. The molecule has 2 aromatic carbocycles. The zero-order valence-corrected chi connectivity index (χ0v) is 16.5. The van der Waals surface area contributed by atoms with Crippen molar-refractivity contribution in [3.05, 3.63) is 71.4 Å². The van der Waals surface area contributed by atoms with Crippen LogP contribution in [0.1, 0.15) is 17.7 Å². The molecule has 0 radical (unpaired) electrons. The molecule has 0 aliphatic carbocycles. The van der Waals surface area contributed by atoms with E-state index >= 15 is 0 Å². The van der Waals surface area contributed by atoms with Gasteiger partial charge in [-0.15, -0.1) is 10.2 Å². The molecule has 1 aliphatic rings. The molecule has 1 unspecified atom stereocenters. The maximum Gasteiger partial charge on any atom is 0.277 e. The number of hydrogen-bond acceptors (Lipinski definition) is 8. The Morgan fingerprint density at radius 2 is 1.86 bits per heavy atom. The smallest absolute Gasteiger partial charge is 0.277 e. The minimum Gasteiger partial charge on any atom is -0.485 e. The van der Waals surface area contributed by atoms with Gasteiger partial charge in [0.15, 0.2) is 11.5 Å². The van der Waals surface area contributed by atoms with Crippen LogP contribution in [-0.2, 0) is 5.75 Å². The van der Waals surface area contributed by atoms with Crippen LogP contribution in [0.15, 0.2) is 68.9 Å². The van der Waals surface area contributed by atoms with Crippen LogP contribution < -0.4 is 9.47 Å². The summed E-state index contributed by atoms with van der Waals surface area (Å²) in [6.07, 6.45) is 1.18. The van der Waals surface area contributed by atoms with Gasteiger partial charge in [0.25, 0.3) is 11.1 Å². The molecule has 0 fully saturated rings. The summed E-state index contributed by atoms with van der Waals surface area (Å²) in [6.45, 7) is 0.317. The van der Waals surface area contributed by atoms with Crippen LogP contribution in [0.4, 0.5) is 0 Å². The SMILES string of the molecule is Clc1ccc(-c2nc(CSc3nnc(C4COc5ccccc5O4)o3)co2)cc1. The molecular weight excluding hydrogens is 414 g/mol. The van der Waals surface area contributed by atoms with Crippen molar-refractivity contribution in [3.8, 4) is 23.0 Å². The van der Waals surface area contributed by atoms with Crippen LogP contribution in [0.25, 0.3) is 11.5 Å². The fourth-order valence-corrected chi connectivity index (χ4v) is 3.56. The molecular formula is C20H14ClN3O4S. The lowest BCUT2D eigenvalue weighted by Crippen LogP contribution is -2.21. The highest BCUT2D eigenvalue weighted by atomic mass is 35.5. The van der Waals surface area contributed by atoms with E-state index in [-0.39, 0.29) is 0 Å². The van der Waals surface area contributed by atoms with Crippen LogP contribution in [0.5, 0.6) is 11.5 Å². The Morgan fingerprint density at radius 3 is 2.72 bits per heavy atom. The summed E-state index contributed by atoms with van der Waals surface area (Å²) in [4.78, 5) is 4.48. The summed E-state index contributed by atoms with van der Waals surface area (Å²) in [7, 11) is 0. The highest BCUT2D eigenvalue weighted by Crippen LogP contribution is 2.36. The number of fused-ring (bicyclic) bond motifs is 1. The Bertz CT molecular complexity index is 1130. The quantitative estimate of drug-likeness (QED) is 0.403. The van der Waals surface area contributed by atoms with E-state index in [2.05, 4.69) is 15.2 Å². The van der Waals surface area contributed by atoms with E-state index in [1.165, 1.54) is 11.8 Å². The number of para-hydroxylation sites is 2. The highest BCUT2D eigenvalue weighted by Gasteiger charge is 2.27. The van der Waals surface area contributed by atoms with Gasteiger partial charge in [-0.25, -0.2) is 4.98 Å². The molecule has 0 saturated carbocycles. The lowest BCUT2D eigenvalue weighted by molar-refractivity contribution is 0.0686. The number of oxazole rings is 1. The highest BCUT2D eigenvalue weighted by molar-refractivity contribution is 7.98. The minimum atomic E-state index is -0.435. The molecule has 29 heavy (non-hydrogen) atoms. The molecule has 1 aliphatic heterocycles. The van der Waals surface area contributed by atoms with Gasteiger partial charge in [-0.2, -0.15) is 0 Å². The third-order valence-electron chi connectivity index (χ3n) is 4.19. The fraction of sp³-hybridized carbons (Fsp3) is 0.150. The van der Waals surface area contributed by atoms with E-state index in [1.54, 1.807) is 18.4 Å². The molecule has 0 N–H and O–H groups in total. The largest absolute Gasteiger partial charge is 0.485 e. The number of halogens is 1. The van der Waals surface area contributed by atoms with Crippen LogP contribution >= 0.6 is 23.4 Å². The molecule has 0 spiro atoms. The summed E-state index contributed by atoms with van der Waals surface area (Å²) in [5.74, 6) is 2.82. The van der Waals surface area contributed by atoms with Gasteiger partial charge in [-0.05, 0) is 36.4 Å². The molecule has 5 rings (SSSR count). The van der Waals surface area contributed by atoms with Crippen LogP contribution in [-0.4, -0.2) is 21.8 Å². The van der Waals surface area contributed by atoms with E-state index in [0.717, 1.165) is 11.3 Å². The predicted molar refractivity (Wildman–Crippen MR) is 106 cm³/mol. The third kappa shape index (κ3) is 3.94. The van der Waals surface area contributed by atoms with Gasteiger partial charge in [-0.3, -0.25) is 0 Å². The van der Waals surface area contributed by atoms with Crippen molar-refractivity contribution < 1.29 is 18.3 Å². The Labute approximate surface area is 175 Å². The maximum atomic E-state index is 5.91. The lowest BCUT2D eigenvalue weighted by Gasteiger charge is -2.23. The monoisotopic (exact) mass is 427 g/mol. The van der Waals surface area contributed by atoms with Crippen molar-refractivity contribution in [2.24, 2.45) is 0 Å². The number of benzene rings is 2. The van der Waals surface area contributed by atoms with Crippen LogP contribution in [0.3, 0.4) is 0 Å². The topological polar surface area (TPSA) is 83.4 Å². The molecule has 3 heterocycles. The van der Waals surface area contributed by atoms with Gasteiger partial charge >= 0.3 is 0 Å². The van der Waals surface area contributed by atoms with Crippen LogP contribution in [0.2, 0.25) is 5.02 Å². The Balaban J connectivity index is 1.22. The molecule has 1 atom stereocenters. The van der Waals surface area contributed by atoms with E-state index < -0.39 is 6.10 Å². The van der Waals surface area contributed by atoms with Crippen molar-refractivity contribution in [1.29, 1.82) is 0 Å².